The van der Waals surface area contributed by atoms with Crippen LogP contribution in [0.1, 0.15) is 41.2 Å². The van der Waals surface area contributed by atoms with Crippen molar-refractivity contribution in [3.8, 4) is 11.9 Å². The zero-order valence-corrected chi connectivity index (χ0v) is 12.1. The number of nitrogens with one attached hydrogen (secondary N) is 1. The van der Waals surface area contributed by atoms with E-state index >= 15 is 0 Å². The smallest absolute Gasteiger partial charge is 0.356 e. The Morgan fingerprint density at radius 1 is 1.64 bits per heavy atom. The normalized spacial score (nSPS) is 23.5. The quantitative estimate of drug-likeness (QED) is 0.635. The molecule has 1 aromatic rings. The number of H-pyrrole nitrogens is 1. The molecule has 1 aliphatic heterocycles. The summed E-state index contributed by atoms with van der Waals surface area (Å²) in [7, 11) is 1.30. The molecule has 0 saturated carbocycles. The maximum atomic E-state index is 12.0. The van der Waals surface area contributed by atoms with Gasteiger partial charge in [0.05, 0.1) is 18.2 Å². The van der Waals surface area contributed by atoms with Crippen LogP contribution < -0.4 is 10.5 Å². The third-order valence-corrected chi connectivity index (χ3v) is 4.09. The van der Waals surface area contributed by atoms with Crippen molar-refractivity contribution < 1.29 is 14.3 Å². The lowest BCUT2D eigenvalue weighted by Crippen LogP contribution is -2.26. The van der Waals surface area contributed by atoms with Gasteiger partial charge in [-0.1, -0.05) is 12.2 Å². The summed E-state index contributed by atoms with van der Waals surface area (Å²) in [5.74, 6) is -0.536. The summed E-state index contributed by atoms with van der Waals surface area (Å²) in [5.41, 5.74) is 6.95. The average molecular weight is 300 g/mol. The first-order valence-corrected chi connectivity index (χ1v) is 7.08. The van der Waals surface area contributed by atoms with Crippen LogP contribution in [-0.2, 0) is 4.74 Å². The van der Waals surface area contributed by atoms with Crippen molar-refractivity contribution in [2.24, 2.45) is 11.7 Å². The number of hydrogen-bond donors (Lipinski definition) is 2. The van der Waals surface area contributed by atoms with Crippen LogP contribution in [0.2, 0.25) is 0 Å². The van der Waals surface area contributed by atoms with Crippen LogP contribution in [0.4, 0.5) is 0 Å². The minimum atomic E-state index is -0.542. The third kappa shape index (κ3) is 2.13. The minimum Gasteiger partial charge on any atom is -0.464 e. The Morgan fingerprint density at radius 2 is 2.45 bits per heavy atom. The van der Waals surface area contributed by atoms with Crippen molar-refractivity contribution in [2.45, 2.75) is 25.2 Å². The van der Waals surface area contributed by atoms with E-state index in [2.05, 4.69) is 28.4 Å². The Bertz CT molecular complexity index is 711. The highest BCUT2D eigenvalue weighted by Crippen LogP contribution is 2.45. The molecule has 7 heteroatoms. The molecule has 0 aromatic carbocycles. The summed E-state index contributed by atoms with van der Waals surface area (Å²) in [5, 5.41) is 16.1. The second-order valence-electron chi connectivity index (χ2n) is 5.30. The van der Waals surface area contributed by atoms with Gasteiger partial charge >= 0.3 is 5.97 Å². The predicted octanol–water partition coefficient (Wildman–Crippen LogP) is 1.72. The summed E-state index contributed by atoms with van der Waals surface area (Å²) in [4.78, 5) is 12.0. The highest BCUT2D eigenvalue weighted by atomic mass is 16.5. The molecule has 1 aromatic heterocycles. The number of nitrogens with zero attached hydrogens (tertiary/aromatic N) is 2. The Labute approximate surface area is 127 Å². The first-order valence-electron chi connectivity index (χ1n) is 7.08. The molecule has 0 spiro atoms. The molecule has 1 aliphatic carbocycles. The number of allylic oxidation sites excluding steroid dienone is 3. The Morgan fingerprint density at radius 3 is 3.09 bits per heavy atom. The zero-order valence-electron chi connectivity index (χ0n) is 12.1. The molecule has 0 unspecified atom stereocenters. The molecule has 0 saturated heterocycles. The Hall–Kier alpha value is -2.75. The molecule has 114 valence electrons. The van der Waals surface area contributed by atoms with Crippen LogP contribution in [0, 0.1) is 17.2 Å². The number of ether oxygens (including phenoxy) is 2. The maximum absolute atomic E-state index is 12.0. The number of rotatable bonds is 2. The molecule has 2 heterocycles. The predicted molar refractivity (Wildman–Crippen MR) is 76.6 cm³/mol. The number of aromatic amines is 1. The number of hydrogen-bond acceptors (Lipinski definition) is 6. The minimum absolute atomic E-state index is 0.0434. The van der Waals surface area contributed by atoms with Crippen molar-refractivity contribution in [1.29, 1.82) is 5.26 Å². The molecule has 3 N–H and O–H groups in total. The van der Waals surface area contributed by atoms with Gasteiger partial charge in [-0.3, -0.25) is 5.10 Å². The first kappa shape index (κ1) is 14.2. The summed E-state index contributed by atoms with van der Waals surface area (Å²) >= 11 is 0. The van der Waals surface area contributed by atoms with E-state index in [1.807, 2.05) is 0 Å². The fourth-order valence-electron chi connectivity index (χ4n) is 3.08. The molecular formula is C15H16N4O3. The van der Waals surface area contributed by atoms with E-state index in [4.69, 9.17) is 15.2 Å². The SMILES string of the molecule is COC(=O)c1[nH]nc2c1[C@@H]([C@@H]1C=CCCC1)C(C#N)=C(N)O2. The molecule has 3 rings (SSSR count). The number of carbonyl (C=O) groups is 1. The summed E-state index contributed by atoms with van der Waals surface area (Å²) < 4.78 is 10.2. The van der Waals surface area contributed by atoms with Crippen molar-refractivity contribution in [3.63, 3.8) is 0 Å². The van der Waals surface area contributed by atoms with Crippen molar-refractivity contribution in [3.05, 3.63) is 34.9 Å². The molecule has 2 aliphatic rings. The number of methoxy groups -OCH3 is 1. The molecular weight excluding hydrogens is 284 g/mol. The number of fused-ring (bicyclic) bond motifs is 1. The number of nitrogens with two attached hydrogens (primary N) is 1. The van der Waals surface area contributed by atoms with Gasteiger partial charge in [-0.2, -0.15) is 5.26 Å². The van der Waals surface area contributed by atoms with Crippen molar-refractivity contribution in [2.75, 3.05) is 7.11 Å². The van der Waals surface area contributed by atoms with Gasteiger partial charge in [-0.25, -0.2) is 4.79 Å². The van der Waals surface area contributed by atoms with Gasteiger partial charge in [0.1, 0.15) is 6.07 Å². The van der Waals surface area contributed by atoms with E-state index in [1.165, 1.54) is 7.11 Å². The van der Waals surface area contributed by atoms with E-state index in [0.717, 1.165) is 19.3 Å². The largest absolute Gasteiger partial charge is 0.464 e. The number of esters is 1. The average Bonchev–Trinajstić information content (AvgIpc) is 2.96. The van der Waals surface area contributed by atoms with Gasteiger partial charge < -0.3 is 15.2 Å². The number of nitriles is 1. The molecule has 0 fully saturated rings. The lowest BCUT2D eigenvalue weighted by molar-refractivity contribution is 0.0592. The van der Waals surface area contributed by atoms with Crippen LogP contribution in [0.5, 0.6) is 5.88 Å². The Kier molecular flexibility index (Phi) is 3.59. The van der Waals surface area contributed by atoms with Gasteiger partial charge in [0, 0.05) is 5.92 Å². The fraction of sp³-hybridized carbons (Fsp3) is 0.400. The number of aromatic nitrogens is 2. The lowest BCUT2D eigenvalue weighted by Gasteiger charge is -2.30. The second kappa shape index (κ2) is 5.56. The zero-order chi connectivity index (χ0) is 15.7. The number of carbonyl (C=O) groups excluding carboxylic acids is 1. The van der Waals surface area contributed by atoms with Gasteiger partial charge in [0.25, 0.3) is 0 Å². The maximum Gasteiger partial charge on any atom is 0.356 e. The van der Waals surface area contributed by atoms with Gasteiger partial charge in [-0.05, 0) is 25.2 Å². The van der Waals surface area contributed by atoms with Gasteiger partial charge in [-0.15, -0.1) is 5.10 Å². The van der Waals surface area contributed by atoms with E-state index in [9.17, 15) is 10.1 Å². The third-order valence-electron chi connectivity index (χ3n) is 4.09. The second-order valence-corrected chi connectivity index (χ2v) is 5.30. The van der Waals surface area contributed by atoms with Gasteiger partial charge in [0.15, 0.2) is 5.69 Å². The molecule has 2 atom stereocenters. The van der Waals surface area contributed by atoms with Crippen LogP contribution in [0.3, 0.4) is 0 Å². The monoisotopic (exact) mass is 300 g/mol. The highest BCUT2D eigenvalue weighted by molar-refractivity contribution is 5.90. The fourth-order valence-corrected chi connectivity index (χ4v) is 3.08. The summed E-state index contributed by atoms with van der Waals surface area (Å²) in [6.45, 7) is 0. The van der Waals surface area contributed by atoms with Crippen LogP contribution in [0.25, 0.3) is 0 Å². The van der Waals surface area contributed by atoms with Crippen LogP contribution in [0.15, 0.2) is 23.6 Å². The van der Waals surface area contributed by atoms with E-state index in [0.29, 0.717) is 11.1 Å². The molecule has 7 nitrogen and oxygen atoms in total. The summed E-state index contributed by atoms with van der Waals surface area (Å²) in [6, 6.07) is 2.12. The topological polar surface area (TPSA) is 114 Å². The first-order chi connectivity index (χ1) is 10.7. The molecule has 22 heavy (non-hydrogen) atoms. The molecule has 0 bridgehead atoms. The van der Waals surface area contributed by atoms with Crippen molar-refractivity contribution in [1.82, 2.24) is 10.2 Å². The Balaban J connectivity index is 2.15. The standard InChI is InChI=1S/C15H16N4O3/c1-21-15(20)12-11-10(8-5-3-2-4-6-8)9(7-16)13(17)22-14(11)19-18-12/h3,5,8,10H,2,4,6,17H2,1H3,(H,18,19)/t8-,10+/m1/s1. The van der Waals surface area contributed by atoms with Gasteiger partial charge in [0.2, 0.25) is 11.8 Å². The van der Waals surface area contributed by atoms with Crippen LogP contribution in [-0.4, -0.2) is 23.3 Å². The lowest BCUT2D eigenvalue weighted by atomic mass is 9.75. The van der Waals surface area contributed by atoms with Crippen molar-refractivity contribution >= 4 is 5.97 Å². The van der Waals surface area contributed by atoms with E-state index in [-0.39, 0.29) is 29.3 Å². The van der Waals surface area contributed by atoms with E-state index in [1.54, 1.807) is 0 Å². The highest BCUT2D eigenvalue weighted by Gasteiger charge is 2.40. The van der Waals surface area contributed by atoms with E-state index < -0.39 is 5.97 Å². The summed E-state index contributed by atoms with van der Waals surface area (Å²) in [6.07, 6.45) is 7.11. The van der Waals surface area contributed by atoms with Crippen LogP contribution >= 0.6 is 0 Å². The molecule has 0 radical (unpaired) electrons. The molecule has 0 amide bonds.